The summed E-state index contributed by atoms with van der Waals surface area (Å²) in [5.41, 5.74) is 8.64. The summed E-state index contributed by atoms with van der Waals surface area (Å²) in [5.74, 6) is 1.43. The van der Waals surface area contributed by atoms with Crippen LogP contribution < -0.4 is 4.74 Å². The van der Waals surface area contributed by atoms with E-state index >= 15 is 0 Å². The Morgan fingerprint density at radius 2 is 1.75 bits per heavy atom. The fourth-order valence-electron chi connectivity index (χ4n) is 5.50. The van der Waals surface area contributed by atoms with Gasteiger partial charge in [0.05, 0.1) is 6.61 Å². The van der Waals surface area contributed by atoms with Gasteiger partial charge in [0, 0.05) is 36.5 Å². The van der Waals surface area contributed by atoms with Crippen molar-refractivity contribution >= 4 is 0 Å². The third-order valence-electron chi connectivity index (χ3n) is 7.39. The Bertz CT molecular complexity index is 1150. The molecule has 2 atom stereocenters. The Labute approximate surface area is 216 Å². The largest absolute Gasteiger partial charge is 0.472 e. The van der Waals surface area contributed by atoms with E-state index in [1.807, 2.05) is 6.92 Å². The predicted octanol–water partition coefficient (Wildman–Crippen LogP) is 6.50. The topological polar surface area (TPSA) is 47.5 Å². The van der Waals surface area contributed by atoms with Crippen molar-refractivity contribution in [2.45, 2.75) is 78.5 Å². The quantitative estimate of drug-likeness (QED) is 0.327. The highest BCUT2D eigenvalue weighted by molar-refractivity contribution is 5.66. The molecule has 0 bridgehead atoms. The number of benzene rings is 2. The van der Waals surface area contributed by atoms with Crippen LogP contribution in [0.1, 0.15) is 73.2 Å². The highest BCUT2D eigenvalue weighted by Gasteiger charge is 2.26. The molecule has 0 aliphatic heterocycles. The molecule has 0 saturated heterocycles. The maximum Gasteiger partial charge on any atom is 0.222 e. The maximum atomic E-state index is 6.43. The highest BCUT2D eigenvalue weighted by atomic mass is 16.5. The van der Waals surface area contributed by atoms with Gasteiger partial charge in [0.15, 0.2) is 5.82 Å². The Balaban J connectivity index is 1.74. The Morgan fingerprint density at radius 1 is 1.03 bits per heavy atom. The number of fused-ring (bicyclic) bond motifs is 1. The van der Waals surface area contributed by atoms with Gasteiger partial charge in [0.25, 0.3) is 0 Å². The number of aromatic nitrogens is 2. The molecule has 0 fully saturated rings. The van der Waals surface area contributed by atoms with Gasteiger partial charge in [-0.1, -0.05) is 56.3 Å². The van der Waals surface area contributed by atoms with Crippen LogP contribution in [0.25, 0.3) is 11.4 Å². The second kappa shape index (κ2) is 12.0. The van der Waals surface area contributed by atoms with Crippen LogP contribution in [0.5, 0.6) is 5.88 Å². The zero-order valence-corrected chi connectivity index (χ0v) is 22.8. The number of hydrogen-bond donors (Lipinski definition) is 0. The van der Waals surface area contributed by atoms with Crippen molar-refractivity contribution in [1.29, 1.82) is 0 Å². The summed E-state index contributed by atoms with van der Waals surface area (Å²) in [6.45, 7) is 9.74. The lowest BCUT2D eigenvalue weighted by molar-refractivity contribution is 0.0869. The molecule has 0 radical (unpaired) electrons. The van der Waals surface area contributed by atoms with Gasteiger partial charge >= 0.3 is 0 Å². The molecule has 192 valence electrons. The minimum Gasteiger partial charge on any atom is -0.472 e. The summed E-state index contributed by atoms with van der Waals surface area (Å²) in [4.78, 5) is 12.6. The molecule has 4 rings (SSSR count). The van der Waals surface area contributed by atoms with Crippen molar-refractivity contribution in [2.75, 3.05) is 20.8 Å². The molecule has 1 heterocycles. The van der Waals surface area contributed by atoms with Gasteiger partial charge in [-0.2, -0.15) is 4.98 Å². The third-order valence-corrected chi connectivity index (χ3v) is 7.39. The molecule has 36 heavy (non-hydrogen) atoms. The second-order valence-corrected chi connectivity index (χ2v) is 9.98. The Morgan fingerprint density at radius 3 is 2.44 bits per heavy atom. The first-order valence-corrected chi connectivity index (χ1v) is 13.4. The van der Waals surface area contributed by atoms with E-state index in [1.165, 1.54) is 28.7 Å². The average molecular weight is 488 g/mol. The average Bonchev–Trinajstić information content (AvgIpc) is 2.89. The molecule has 0 N–H and O–H groups in total. The van der Waals surface area contributed by atoms with Gasteiger partial charge in [-0.15, -0.1) is 0 Å². The fourth-order valence-corrected chi connectivity index (χ4v) is 5.50. The van der Waals surface area contributed by atoms with Crippen molar-refractivity contribution in [3.05, 3.63) is 76.0 Å². The number of nitrogens with zero attached hydrogens (tertiary/aromatic N) is 3. The smallest absolute Gasteiger partial charge is 0.222 e. The van der Waals surface area contributed by atoms with Gasteiger partial charge in [-0.05, 0) is 75.3 Å². The van der Waals surface area contributed by atoms with E-state index in [1.54, 1.807) is 7.11 Å². The molecule has 1 aromatic heterocycles. The van der Waals surface area contributed by atoms with Crippen LogP contribution in [0, 0.1) is 6.92 Å². The molecule has 2 aromatic carbocycles. The summed E-state index contributed by atoms with van der Waals surface area (Å²) in [5, 5.41) is 0. The molecule has 0 unspecified atom stereocenters. The molecule has 5 nitrogen and oxygen atoms in total. The van der Waals surface area contributed by atoms with E-state index in [2.05, 4.69) is 75.2 Å². The van der Waals surface area contributed by atoms with Crippen LogP contribution in [-0.2, 0) is 30.5 Å². The lowest BCUT2D eigenvalue weighted by atomic mass is 9.87. The number of hydrogen-bond acceptors (Lipinski definition) is 5. The van der Waals surface area contributed by atoms with Crippen molar-refractivity contribution < 1.29 is 9.47 Å². The molecule has 1 aliphatic carbocycles. The predicted molar refractivity (Wildman–Crippen MR) is 147 cm³/mol. The third kappa shape index (κ3) is 5.63. The van der Waals surface area contributed by atoms with Crippen LogP contribution in [0.4, 0.5) is 0 Å². The van der Waals surface area contributed by atoms with Crippen molar-refractivity contribution in [3.8, 4) is 17.3 Å². The lowest BCUT2D eigenvalue weighted by Gasteiger charge is -2.34. The van der Waals surface area contributed by atoms with E-state index in [9.17, 15) is 0 Å². The first-order valence-electron chi connectivity index (χ1n) is 13.4. The van der Waals surface area contributed by atoms with Crippen LogP contribution in [0.2, 0.25) is 0 Å². The van der Waals surface area contributed by atoms with Crippen LogP contribution in [0.3, 0.4) is 0 Å². The number of rotatable bonds is 10. The normalized spacial score (nSPS) is 16.1. The van der Waals surface area contributed by atoms with E-state index in [4.69, 9.17) is 19.4 Å². The van der Waals surface area contributed by atoms with E-state index in [0.29, 0.717) is 18.5 Å². The van der Waals surface area contributed by atoms with Gasteiger partial charge in [0.2, 0.25) is 5.88 Å². The first kappa shape index (κ1) is 26.3. The molecule has 0 amide bonds. The van der Waals surface area contributed by atoms with E-state index in [0.717, 1.165) is 54.9 Å². The van der Waals surface area contributed by atoms with Gasteiger partial charge in [-0.25, -0.2) is 4.98 Å². The molecule has 0 saturated carbocycles. The van der Waals surface area contributed by atoms with Gasteiger partial charge in [-0.3, -0.25) is 4.90 Å². The summed E-state index contributed by atoms with van der Waals surface area (Å²) >= 11 is 0. The molecule has 0 spiro atoms. The molecular formula is C31H41N3O2. The SMILES string of the molecule is CCc1cccc(CC)c1-c1nc(C)c(CN(C)[C@H]2CCCc3ccccc32)c(O[C@@H](C)COC)n1. The fraction of sp³-hybridized carbons (Fsp3) is 0.484. The van der Waals surface area contributed by atoms with Crippen molar-refractivity contribution in [2.24, 2.45) is 0 Å². The van der Waals surface area contributed by atoms with Gasteiger partial charge in [0.1, 0.15) is 6.10 Å². The van der Waals surface area contributed by atoms with Crippen LogP contribution in [-0.4, -0.2) is 41.7 Å². The van der Waals surface area contributed by atoms with Crippen LogP contribution in [0.15, 0.2) is 42.5 Å². The minimum atomic E-state index is -0.108. The van der Waals surface area contributed by atoms with Crippen molar-refractivity contribution in [3.63, 3.8) is 0 Å². The molecule has 5 heteroatoms. The van der Waals surface area contributed by atoms with E-state index < -0.39 is 0 Å². The highest BCUT2D eigenvalue weighted by Crippen LogP contribution is 2.36. The Kier molecular flexibility index (Phi) is 8.76. The monoisotopic (exact) mass is 487 g/mol. The molecular weight excluding hydrogens is 446 g/mol. The lowest BCUT2D eigenvalue weighted by Crippen LogP contribution is -2.29. The zero-order valence-electron chi connectivity index (χ0n) is 22.8. The van der Waals surface area contributed by atoms with E-state index in [-0.39, 0.29) is 6.10 Å². The Hall–Kier alpha value is -2.76. The molecule has 3 aromatic rings. The summed E-state index contributed by atoms with van der Waals surface area (Å²) in [7, 11) is 3.92. The second-order valence-electron chi connectivity index (χ2n) is 9.98. The van der Waals surface area contributed by atoms with Crippen LogP contribution >= 0.6 is 0 Å². The van der Waals surface area contributed by atoms with Crippen molar-refractivity contribution in [1.82, 2.24) is 14.9 Å². The first-order chi connectivity index (χ1) is 17.5. The standard InChI is InChI=1S/C31H41N3O2/c1-7-23-14-11-15-24(8-2)29(23)30-32-22(4)27(31(33-30)36-21(3)20-35-6)19-34(5)28-18-12-16-25-13-9-10-17-26(25)28/h9-11,13-15,17,21,28H,7-8,12,16,18-20H2,1-6H3/t21-,28-/m0/s1. The molecule has 1 aliphatic rings. The summed E-state index contributed by atoms with van der Waals surface area (Å²) in [6.07, 6.45) is 5.30. The number of ether oxygens (including phenoxy) is 2. The number of aryl methyl sites for hydroxylation is 4. The van der Waals surface area contributed by atoms with Gasteiger partial charge < -0.3 is 9.47 Å². The number of methoxy groups -OCH3 is 1. The zero-order chi connectivity index (χ0) is 25.7. The maximum absolute atomic E-state index is 6.43. The summed E-state index contributed by atoms with van der Waals surface area (Å²) in [6, 6.07) is 15.8. The summed E-state index contributed by atoms with van der Waals surface area (Å²) < 4.78 is 11.8. The minimum absolute atomic E-state index is 0.108.